The summed E-state index contributed by atoms with van der Waals surface area (Å²) in [6, 6.07) is 17.0. The average Bonchev–Trinajstić information content (AvgIpc) is 2.80. The third kappa shape index (κ3) is 4.52. The number of fused-ring (bicyclic) bond motifs is 1. The predicted octanol–water partition coefficient (Wildman–Crippen LogP) is 5.51. The predicted molar refractivity (Wildman–Crippen MR) is 127 cm³/mol. The molecule has 1 heterocycles. The molecule has 0 aliphatic carbocycles. The van der Waals surface area contributed by atoms with Crippen LogP contribution in [0.1, 0.15) is 46.9 Å². The molecule has 0 saturated carbocycles. The summed E-state index contributed by atoms with van der Waals surface area (Å²) in [5, 5.41) is 10.1. The molecule has 1 N–H and O–H groups in total. The quantitative estimate of drug-likeness (QED) is 0.497. The van der Waals surface area contributed by atoms with Gasteiger partial charge in [0, 0.05) is 10.7 Å². The summed E-state index contributed by atoms with van der Waals surface area (Å²) in [5.74, 6) is 0.00840. The molecule has 6 nitrogen and oxygen atoms in total. The molecule has 0 radical (unpaired) electrons. The summed E-state index contributed by atoms with van der Waals surface area (Å²) in [4.78, 5) is 26.7. The molecular weight excluding hydrogens is 442 g/mol. The number of amides is 1. The molecule has 1 amide bonds. The van der Waals surface area contributed by atoms with Gasteiger partial charge in [-0.3, -0.25) is 4.79 Å². The van der Waals surface area contributed by atoms with E-state index >= 15 is 0 Å². The van der Waals surface area contributed by atoms with Gasteiger partial charge in [-0.2, -0.15) is 0 Å². The van der Waals surface area contributed by atoms with Gasteiger partial charge in [0.15, 0.2) is 11.5 Å². The normalized spacial score (nSPS) is 15.2. The monoisotopic (exact) mass is 465 g/mol. The maximum Gasteiger partial charge on any atom is 0.335 e. The van der Waals surface area contributed by atoms with Gasteiger partial charge >= 0.3 is 5.97 Å². The molecule has 0 bridgehead atoms. The number of carboxylic acids is 1. The highest BCUT2D eigenvalue weighted by atomic mass is 35.5. The molecule has 4 rings (SSSR count). The number of ether oxygens (including phenoxy) is 2. The Morgan fingerprint density at radius 3 is 2.33 bits per heavy atom. The molecule has 0 aromatic heterocycles. The van der Waals surface area contributed by atoms with Crippen LogP contribution in [0.2, 0.25) is 5.02 Å². The van der Waals surface area contributed by atoms with Crippen molar-refractivity contribution in [2.24, 2.45) is 0 Å². The standard InChI is InChI=1S/C26H24ClNO5/c1-3-32-22-13-18-14-24(29)28(20-7-5-6-17(12-20)26(30)31)25(16-8-10-19(27)11-9-16)21(18)15-23(22)33-4-2/h5-13,15,25H,3-4,14H2,1-2H3,(H,30,31)/t25-/m1/s1. The van der Waals surface area contributed by atoms with Crippen molar-refractivity contribution in [3.8, 4) is 11.5 Å². The van der Waals surface area contributed by atoms with Crippen LogP contribution < -0.4 is 14.4 Å². The molecule has 1 atom stereocenters. The number of benzene rings is 3. The van der Waals surface area contributed by atoms with Crippen molar-refractivity contribution in [1.82, 2.24) is 0 Å². The van der Waals surface area contributed by atoms with Crippen LogP contribution in [0, 0.1) is 0 Å². The Balaban J connectivity index is 1.93. The molecular formula is C26H24ClNO5. The van der Waals surface area contributed by atoms with E-state index in [0.29, 0.717) is 35.4 Å². The number of carbonyl (C=O) groups excluding carboxylic acids is 1. The summed E-state index contributed by atoms with van der Waals surface area (Å²) >= 11 is 6.13. The van der Waals surface area contributed by atoms with Crippen molar-refractivity contribution in [3.05, 3.63) is 87.9 Å². The van der Waals surface area contributed by atoms with E-state index in [1.165, 1.54) is 12.1 Å². The lowest BCUT2D eigenvalue weighted by Crippen LogP contribution is -2.41. The number of anilines is 1. The second-order valence-corrected chi connectivity index (χ2v) is 8.05. The molecule has 0 spiro atoms. The van der Waals surface area contributed by atoms with Crippen molar-refractivity contribution in [1.29, 1.82) is 0 Å². The molecule has 1 aliphatic heterocycles. The summed E-state index contributed by atoms with van der Waals surface area (Å²) in [7, 11) is 0. The van der Waals surface area contributed by atoms with Crippen LogP contribution in [0.25, 0.3) is 0 Å². The van der Waals surface area contributed by atoms with Gasteiger partial charge in [-0.25, -0.2) is 4.79 Å². The zero-order valence-electron chi connectivity index (χ0n) is 18.4. The van der Waals surface area contributed by atoms with Gasteiger partial charge in [0.05, 0.1) is 31.2 Å². The highest BCUT2D eigenvalue weighted by molar-refractivity contribution is 6.30. The van der Waals surface area contributed by atoms with E-state index in [1.807, 2.05) is 38.1 Å². The first-order valence-corrected chi connectivity index (χ1v) is 11.1. The average molecular weight is 466 g/mol. The molecule has 170 valence electrons. The van der Waals surface area contributed by atoms with Gasteiger partial charge in [0.25, 0.3) is 0 Å². The maximum atomic E-state index is 13.4. The molecule has 3 aromatic carbocycles. The second-order valence-electron chi connectivity index (χ2n) is 7.61. The minimum atomic E-state index is -1.05. The van der Waals surface area contributed by atoms with E-state index in [4.69, 9.17) is 21.1 Å². The Kier molecular flexibility index (Phi) is 6.56. The van der Waals surface area contributed by atoms with Crippen molar-refractivity contribution < 1.29 is 24.2 Å². The fourth-order valence-electron chi connectivity index (χ4n) is 4.15. The van der Waals surface area contributed by atoms with E-state index in [1.54, 1.807) is 29.2 Å². The number of rotatable bonds is 7. The van der Waals surface area contributed by atoms with Crippen LogP contribution >= 0.6 is 11.6 Å². The van der Waals surface area contributed by atoms with Crippen LogP contribution in [0.15, 0.2) is 60.7 Å². The number of aromatic carboxylic acids is 1. The summed E-state index contributed by atoms with van der Waals surface area (Å²) in [5.41, 5.74) is 3.21. The minimum absolute atomic E-state index is 0.114. The zero-order valence-corrected chi connectivity index (χ0v) is 19.1. The van der Waals surface area contributed by atoms with Gasteiger partial charge < -0.3 is 19.5 Å². The molecule has 0 saturated heterocycles. The van der Waals surface area contributed by atoms with Crippen LogP contribution in [-0.4, -0.2) is 30.2 Å². The summed E-state index contributed by atoms with van der Waals surface area (Å²) < 4.78 is 11.6. The largest absolute Gasteiger partial charge is 0.490 e. The molecule has 33 heavy (non-hydrogen) atoms. The Bertz CT molecular complexity index is 1190. The third-order valence-electron chi connectivity index (χ3n) is 5.53. The van der Waals surface area contributed by atoms with E-state index in [0.717, 1.165) is 16.7 Å². The van der Waals surface area contributed by atoms with Crippen LogP contribution in [0.4, 0.5) is 5.69 Å². The Hall–Kier alpha value is -3.51. The van der Waals surface area contributed by atoms with Gasteiger partial charge in [-0.05, 0) is 73.0 Å². The fourth-order valence-corrected chi connectivity index (χ4v) is 4.27. The number of hydrogen-bond acceptors (Lipinski definition) is 4. The second kappa shape index (κ2) is 9.55. The highest BCUT2D eigenvalue weighted by Crippen LogP contribution is 2.43. The lowest BCUT2D eigenvalue weighted by atomic mass is 9.86. The van der Waals surface area contributed by atoms with Gasteiger partial charge in [-0.1, -0.05) is 29.8 Å². The van der Waals surface area contributed by atoms with Crippen LogP contribution in [0.3, 0.4) is 0 Å². The Morgan fingerprint density at radius 1 is 1.03 bits per heavy atom. The first-order chi connectivity index (χ1) is 15.9. The van der Waals surface area contributed by atoms with Crippen LogP contribution in [-0.2, 0) is 11.2 Å². The zero-order chi connectivity index (χ0) is 23.5. The highest BCUT2D eigenvalue weighted by Gasteiger charge is 2.36. The van der Waals surface area contributed by atoms with Gasteiger partial charge in [0.1, 0.15) is 0 Å². The van der Waals surface area contributed by atoms with Gasteiger partial charge in [0.2, 0.25) is 5.91 Å². The van der Waals surface area contributed by atoms with Crippen LogP contribution in [0.5, 0.6) is 11.5 Å². The first kappa shape index (κ1) is 22.7. The Morgan fingerprint density at radius 2 is 1.70 bits per heavy atom. The van der Waals surface area contributed by atoms with Crippen molar-refractivity contribution >= 4 is 29.2 Å². The Labute approximate surface area is 197 Å². The number of nitrogens with zero attached hydrogens (tertiary/aromatic N) is 1. The topological polar surface area (TPSA) is 76.1 Å². The van der Waals surface area contributed by atoms with Crippen molar-refractivity contribution in [3.63, 3.8) is 0 Å². The number of hydrogen-bond donors (Lipinski definition) is 1. The van der Waals surface area contributed by atoms with E-state index < -0.39 is 12.0 Å². The first-order valence-electron chi connectivity index (χ1n) is 10.8. The number of carbonyl (C=O) groups is 2. The maximum absolute atomic E-state index is 13.4. The van der Waals surface area contributed by atoms with E-state index in [-0.39, 0.29) is 17.9 Å². The SMILES string of the molecule is CCOc1cc2c(cc1OCC)[C@@H](c1ccc(Cl)cc1)N(c1cccc(C(=O)O)c1)C(=O)C2. The van der Waals surface area contributed by atoms with E-state index in [9.17, 15) is 14.7 Å². The number of halogens is 1. The fraction of sp³-hybridized carbons (Fsp3) is 0.231. The molecule has 0 unspecified atom stereocenters. The van der Waals surface area contributed by atoms with E-state index in [2.05, 4.69) is 0 Å². The van der Waals surface area contributed by atoms with Crippen molar-refractivity contribution in [2.75, 3.05) is 18.1 Å². The molecule has 7 heteroatoms. The molecule has 1 aliphatic rings. The molecule has 0 fully saturated rings. The smallest absolute Gasteiger partial charge is 0.335 e. The van der Waals surface area contributed by atoms with Gasteiger partial charge in [-0.15, -0.1) is 0 Å². The third-order valence-corrected chi connectivity index (χ3v) is 5.78. The van der Waals surface area contributed by atoms with Crippen molar-refractivity contribution in [2.45, 2.75) is 26.3 Å². The molecule has 3 aromatic rings. The minimum Gasteiger partial charge on any atom is -0.490 e. The summed E-state index contributed by atoms with van der Waals surface area (Å²) in [6.07, 6.45) is 0.156. The number of carboxylic acid groups (broad SMARTS) is 1. The summed E-state index contributed by atoms with van der Waals surface area (Å²) in [6.45, 7) is 4.74. The lowest BCUT2D eigenvalue weighted by Gasteiger charge is -2.38. The lowest BCUT2D eigenvalue weighted by molar-refractivity contribution is -0.118.